The van der Waals surface area contributed by atoms with Gasteiger partial charge in [-0.15, -0.1) is 0 Å². The highest BCUT2D eigenvalue weighted by Gasteiger charge is 2.28. The number of aromatic amines is 2. The second-order valence-electron chi connectivity index (χ2n) is 5.99. The van der Waals surface area contributed by atoms with Crippen molar-refractivity contribution in [3.63, 3.8) is 0 Å². The average molecular weight is 464 g/mol. The molecule has 13 heteroatoms. The Labute approximate surface area is 179 Å². The van der Waals surface area contributed by atoms with Crippen LogP contribution in [0.2, 0.25) is 5.02 Å². The minimum absolute atomic E-state index is 0.0565. The first kappa shape index (κ1) is 22.0. The van der Waals surface area contributed by atoms with Crippen LogP contribution >= 0.6 is 11.6 Å². The van der Waals surface area contributed by atoms with Crippen molar-refractivity contribution in [1.82, 2.24) is 25.3 Å². The molecule has 0 saturated heterocycles. The molecule has 1 heterocycles. The zero-order chi connectivity index (χ0) is 22.6. The minimum Gasteiger partial charge on any atom is -0.313 e. The highest BCUT2D eigenvalue weighted by Crippen LogP contribution is 2.13. The number of H-pyrrole nitrogens is 2. The Kier molecular flexibility index (Phi) is 6.34. The summed E-state index contributed by atoms with van der Waals surface area (Å²) in [6.07, 6.45) is 0.657. The summed E-state index contributed by atoms with van der Waals surface area (Å²) in [7, 11) is -4.70. The van der Waals surface area contributed by atoms with Gasteiger partial charge < -0.3 is 4.98 Å². The van der Waals surface area contributed by atoms with Crippen LogP contribution in [0.1, 0.15) is 20.7 Å². The van der Waals surface area contributed by atoms with Crippen molar-refractivity contribution < 1.29 is 18.0 Å². The van der Waals surface area contributed by atoms with Gasteiger partial charge in [0.05, 0.1) is 0 Å². The molecule has 0 radical (unpaired) electrons. The molecule has 2 amide bonds. The summed E-state index contributed by atoms with van der Waals surface area (Å²) in [6, 6.07) is 13.2. The number of benzene rings is 2. The number of aromatic nitrogens is 2. The van der Waals surface area contributed by atoms with E-state index >= 15 is 0 Å². The van der Waals surface area contributed by atoms with Crippen LogP contribution in [0.25, 0.3) is 0 Å². The molecule has 3 rings (SSSR count). The second kappa shape index (κ2) is 8.95. The molecule has 0 bridgehead atoms. The normalized spacial score (nSPS) is 11.0. The zero-order valence-corrected chi connectivity index (χ0v) is 17.0. The maximum absolute atomic E-state index is 12.9. The molecule has 0 spiro atoms. The minimum atomic E-state index is -4.70. The zero-order valence-electron chi connectivity index (χ0n) is 15.5. The van der Waals surface area contributed by atoms with Crippen molar-refractivity contribution >= 4 is 33.4 Å². The molecule has 4 N–H and O–H groups in total. The monoisotopic (exact) mass is 463 g/mol. The topological polar surface area (TPSA) is 161 Å². The van der Waals surface area contributed by atoms with Gasteiger partial charge in [-0.1, -0.05) is 40.7 Å². The van der Waals surface area contributed by atoms with Gasteiger partial charge in [-0.25, -0.2) is 18.6 Å². The number of amides is 2. The maximum atomic E-state index is 12.9. The lowest BCUT2D eigenvalue weighted by molar-refractivity contribution is 0.0533. The lowest BCUT2D eigenvalue weighted by Crippen LogP contribution is -2.56. The molecule has 1 aromatic heterocycles. The first-order valence-corrected chi connectivity index (χ1v) is 10.3. The van der Waals surface area contributed by atoms with Crippen molar-refractivity contribution in [2.75, 3.05) is 0 Å². The fraction of sp³-hybridized carbons (Fsp3) is 0. The summed E-state index contributed by atoms with van der Waals surface area (Å²) >= 11 is 5.88. The van der Waals surface area contributed by atoms with Crippen LogP contribution in [-0.4, -0.2) is 35.3 Å². The highest BCUT2D eigenvalue weighted by atomic mass is 35.5. The van der Waals surface area contributed by atoms with E-state index in [0.717, 1.165) is 0 Å². The number of carbonyl (C=O) groups is 2. The van der Waals surface area contributed by atoms with Crippen LogP contribution in [-0.2, 0) is 10.0 Å². The van der Waals surface area contributed by atoms with Gasteiger partial charge in [-0.3, -0.25) is 19.4 Å². The second-order valence-corrected chi connectivity index (χ2v) is 8.05. The van der Waals surface area contributed by atoms with Gasteiger partial charge in [0.1, 0.15) is 0 Å². The van der Waals surface area contributed by atoms with Crippen molar-refractivity contribution in [1.29, 1.82) is 0 Å². The van der Waals surface area contributed by atoms with E-state index in [1.54, 1.807) is 23.2 Å². The summed E-state index contributed by atoms with van der Waals surface area (Å²) in [4.78, 5) is 53.2. The Bertz CT molecular complexity index is 1350. The van der Waals surface area contributed by atoms with E-state index in [4.69, 9.17) is 11.6 Å². The van der Waals surface area contributed by atoms with Crippen LogP contribution < -0.4 is 21.5 Å². The van der Waals surface area contributed by atoms with Gasteiger partial charge in [0.15, 0.2) is 4.90 Å². The van der Waals surface area contributed by atoms with Gasteiger partial charge in [-0.05, 0) is 30.3 Å². The number of hydrazine groups is 2. The van der Waals surface area contributed by atoms with Crippen LogP contribution in [0.3, 0.4) is 0 Å². The Balaban J connectivity index is 1.98. The van der Waals surface area contributed by atoms with Crippen LogP contribution in [0.15, 0.2) is 75.3 Å². The lowest BCUT2D eigenvalue weighted by atomic mass is 10.2. The van der Waals surface area contributed by atoms with E-state index in [-0.39, 0.29) is 16.1 Å². The molecule has 160 valence electrons. The van der Waals surface area contributed by atoms with Crippen molar-refractivity contribution in [2.45, 2.75) is 4.90 Å². The highest BCUT2D eigenvalue weighted by molar-refractivity contribution is 7.89. The Morgan fingerprint density at radius 1 is 0.968 bits per heavy atom. The number of hydrogen-bond acceptors (Lipinski definition) is 6. The van der Waals surface area contributed by atoms with E-state index in [0.29, 0.717) is 11.3 Å². The molecule has 0 aliphatic heterocycles. The number of rotatable bonds is 5. The molecule has 11 nitrogen and oxygen atoms in total. The third kappa shape index (κ3) is 5.25. The maximum Gasteiger partial charge on any atom is 0.325 e. The van der Waals surface area contributed by atoms with Gasteiger partial charge in [0.2, 0.25) is 0 Å². The first-order valence-electron chi connectivity index (χ1n) is 8.48. The molecule has 31 heavy (non-hydrogen) atoms. The Morgan fingerprint density at radius 2 is 1.65 bits per heavy atom. The smallest absolute Gasteiger partial charge is 0.313 e. The van der Waals surface area contributed by atoms with Crippen molar-refractivity contribution in [3.05, 3.63) is 97.8 Å². The van der Waals surface area contributed by atoms with Gasteiger partial charge >= 0.3 is 5.69 Å². The molecule has 3 aromatic rings. The van der Waals surface area contributed by atoms with E-state index in [9.17, 15) is 27.6 Å². The molecular weight excluding hydrogens is 450 g/mol. The number of halogens is 1. The van der Waals surface area contributed by atoms with Gasteiger partial charge in [-0.2, -0.15) is 5.12 Å². The number of hydrogen-bond donors (Lipinski definition) is 4. The molecule has 0 fully saturated rings. The quantitative estimate of drug-likeness (QED) is 0.400. The predicted molar refractivity (Wildman–Crippen MR) is 110 cm³/mol. The fourth-order valence-electron chi connectivity index (χ4n) is 2.39. The summed E-state index contributed by atoms with van der Waals surface area (Å²) in [5, 5.41) is 0.501. The third-order valence-corrected chi connectivity index (χ3v) is 5.35. The number of carbonyl (C=O) groups excluding carboxylic acids is 2. The summed E-state index contributed by atoms with van der Waals surface area (Å²) in [5.41, 5.74) is 0.0660. The van der Waals surface area contributed by atoms with Crippen molar-refractivity contribution in [3.8, 4) is 0 Å². The molecule has 0 atom stereocenters. The third-order valence-electron chi connectivity index (χ3n) is 3.81. The van der Waals surface area contributed by atoms with Crippen molar-refractivity contribution in [2.24, 2.45) is 0 Å². The molecule has 0 aliphatic rings. The summed E-state index contributed by atoms with van der Waals surface area (Å²) in [5.74, 6) is -1.80. The predicted octanol–water partition coefficient (Wildman–Crippen LogP) is 0.397. The molecule has 2 aromatic carbocycles. The standard InChI is InChI=1S/C18H14ClN5O6S/c19-13-8-4-7-12(9-13)17(27)24(22-15(25)11-5-2-1-3-6-11)23-31(29,30)14-10-20-18(28)21-16(14)26/h1-10,23H,(H,22,25)(H2,20,21,26,28). The van der Waals surface area contributed by atoms with Crippen LogP contribution in [0.4, 0.5) is 0 Å². The largest absolute Gasteiger partial charge is 0.325 e. The number of sulfonamides is 1. The molecule has 0 unspecified atom stereocenters. The van der Waals surface area contributed by atoms with E-state index in [1.165, 1.54) is 36.4 Å². The lowest BCUT2D eigenvalue weighted by Gasteiger charge is -2.23. The number of nitrogens with zero attached hydrogens (tertiary/aromatic N) is 1. The fourth-order valence-corrected chi connectivity index (χ4v) is 3.55. The van der Waals surface area contributed by atoms with Gasteiger partial charge in [0.25, 0.3) is 27.4 Å². The molecular formula is C18H14ClN5O6S. The molecule has 0 saturated carbocycles. The van der Waals surface area contributed by atoms with Crippen LogP contribution in [0, 0.1) is 0 Å². The van der Waals surface area contributed by atoms with Gasteiger partial charge in [0, 0.05) is 22.3 Å². The van der Waals surface area contributed by atoms with E-state index in [2.05, 4.69) is 5.43 Å². The Morgan fingerprint density at radius 3 is 2.29 bits per heavy atom. The average Bonchev–Trinajstić information content (AvgIpc) is 2.73. The van der Waals surface area contributed by atoms with E-state index in [1.807, 2.05) is 9.82 Å². The first-order chi connectivity index (χ1) is 14.7. The van der Waals surface area contributed by atoms with E-state index < -0.39 is 38.0 Å². The molecule has 0 aliphatic carbocycles. The Hall–Kier alpha value is -3.74. The number of nitrogens with one attached hydrogen (secondary N) is 4. The summed E-state index contributed by atoms with van der Waals surface area (Å²) < 4.78 is 25.3. The SMILES string of the molecule is O=C(NN(NS(=O)(=O)c1c[nH]c(=O)[nH]c1=O)C(=O)c1cccc(Cl)c1)c1ccccc1. The van der Waals surface area contributed by atoms with Crippen LogP contribution in [0.5, 0.6) is 0 Å². The summed E-state index contributed by atoms with van der Waals surface area (Å²) in [6.45, 7) is 0.